The highest BCUT2D eigenvalue weighted by Crippen LogP contribution is 2.19. The predicted octanol–water partition coefficient (Wildman–Crippen LogP) is 3.06. The molecule has 2 rings (SSSR count). The van der Waals surface area contributed by atoms with Gasteiger partial charge in [0.25, 0.3) is 0 Å². The Morgan fingerprint density at radius 2 is 2.07 bits per heavy atom. The number of likely N-dealkylation sites (tertiary alicyclic amines) is 1. The third-order valence-electron chi connectivity index (χ3n) is 3.11. The van der Waals surface area contributed by atoms with E-state index in [1.165, 1.54) is 24.1 Å². The van der Waals surface area contributed by atoms with Gasteiger partial charge < -0.3 is 0 Å². The highest BCUT2D eigenvalue weighted by Gasteiger charge is 2.21. The summed E-state index contributed by atoms with van der Waals surface area (Å²) >= 11 is 5.87. The van der Waals surface area contributed by atoms with Gasteiger partial charge in [-0.1, -0.05) is 29.8 Å². The summed E-state index contributed by atoms with van der Waals surface area (Å²) in [5.41, 5.74) is 2.75. The second kappa shape index (κ2) is 5.00. The molecule has 1 nitrogen and oxygen atoms in total. The quantitative estimate of drug-likeness (QED) is 0.712. The second-order valence-electron chi connectivity index (χ2n) is 4.53. The minimum atomic E-state index is 0.706. The fourth-order valence-electron chi connectivity index (χ4n) is 2.13. The van der Waals surface area contributed by atoms with Gasteiger partial charge >= 0.3 is 0 Å². The van der Waals surface area contributed by atoms with Gasteiger partial charge in [-0.05, 0) is 31.4 Å². The Hall–Kier alpha value is -0.530. The maximum atomic E-state index is 5.87. The SMILES string of the molecule is Cc1ccc(CN2CCC(CCl)C2)cc1. The lowest BCUT2D eigenvalue weighted by Crippen LogP contribution is -2.20. The average molecular weight is 224 g/mol. The van der Waals surface area contributed by atoms with Gasteiger partial charge in [-0.15, -0.1) is 11.6 Å². The number of alkyl halides is 1. The summed E-state index contributed by atoms with van der Waals surface area (Å²) < 4.78 is 0. The molecule has 0 bridgehead atoms. The van der Waals surface area contributed by atoms with Crippen LogP contribution in [-0.2, 0) is 6.54 Å². The molecule has 1 aromatic carbocycles. The van der Waals surface area contributed by atoms with Crippen molar-refractivity contribution in [3.8, 4) is 0 Å². The van der Waals surface area contributed by atoms with Crippen LogP contribution in [0.2, 0.25) is 0 Å². The molecule has 82 valence electrons. The maximum absolute atomic E-state index is 5.87. The molecule has 15 heavy (non-hydrogen) atoms. The zero-order valence-corrected chi connectivity index (χ0v) is 10.0. The fraction of sp³-hybridized carbons (Fsp3) is 0.538. The zero-order valence-electron chi connectivity index (χ0n) is 9.25. The van der Waals surface area contributed by atoms with Crippen molar-refractivity contribution in [2.24, 2.45) is 5.92 Å². The molecule has 1 heterocycles. The Balaban J connectivity index is 1.90. The maximum Gasteiger partial charge on any atom is 0.0264 e. The van der Waals surface area contributed by atoms with E-state index in [4.69, 9.17) is 11.6 Å². The molecule has 0 saturated carbocycles. The Labute approximate surface area is 97.0 Å². The smallest absolute Gasteiger partial charge is 0.0264 e. The Morgan fingerprint density at radius 3 is 2.67 bits per heavy atom. The number of halogens is 1. The molecule has 1 atom stereocenters. The van der Waals surface area contributed by atoms with Crippen molar-refractivity contribution >= 4 is 11.6 Å². The van der Waals surface area contributed by atoms with E-state index in [1.807, 2.05) is 0 Å². The Bertz CT molecular complexity index is 307. The summed E-state index contributed by atoms with van der Waals surface area (Å²) in [6, 6.07) is 8.82. The van der Waals surface area contributed by atoms with Crippen LogP contribution in [0.3, 0.4) is 0 Å². The molecule has 0 spiro atoms. The van der Waals surface area contributed by atoms with E-state index in [2.05, 4.69) is 36.1 Å². The van der Waals surface area contributed by atoms with Gasteiger partial charge in [0.15, 0.2) is 0 Å². The lowest BCUT2D eigenvalue weighted by Gasteiger charge is -2.15. The zero-order chi connectivity index (χ0) is 10.7. The molecule has 1 aliphatic rings. The van der Waals surface area contributed by atoms with Crippen molar-refractivity contribution in [2.45, 2.75) is 19.9 Å². The Kier molecular flexibility index (Phi) is 3.66. The monoisotopic (exact) mass is 223 g/mol. The first-order valence-corrected chi connectivity index (χ1v) is 6.15. The van der Waals surface area contributed by atoms with Crippen molar-refractivity contribution in [2.75, 3.05) is 19.0 Å². The van der Waals surface area contributed by atoms with Crippen LogP contribution in [0, 0.1) is 12.8 Å². The number of rotatable bonds is 3. The number of hydrogen-bond donors (Lipinski definition) is 0. The number of hydrogen-bond acceptors (Lipinski definition) is 1. The molecule has 1 aliphatic heterocycles. The van der Waals surface area contributed by atoms with Gasteiger partial charge in [0.1, 0.15) is 0 Å². The molecule has 0 aromatic heterocycles. The first kappa shape index (κ1) is 11.0. The number of nitrogens with zero attached hydrogens (tertiary/aromatic N) is 1. The van der Waals surface area contributed by atoms with Gasteiger partial charge in [-0.2, -0.15) is 0 Å². The molecular formula is C13H18ClN. The highest BCUT2D eigenvalue weighted by molar-refractivity contribution is 6.18. The number of aryl methyl sites for hydroxylation is 1. The molecule has 0 N–H and O–H groups in total. The highest BCUT2D eigenvalue weighted by atomic mass is 35.5. The summed E-state index contributed by atoms with van der Waals surface area (Å²) in [5.74, 6) is 1.52. The molecule has 0 aliphatic carbocycles. The van der Waals surface area contributed by atoms with Crippen LogP contribution < -0.4 is 0 Å². The molecule has 0 radical (unpaired) electrons. The van der Waals surface area contributed by atoms with Crippen LogP contribution in [-0.4, -0.2) is 23.9 Å². The van der Waals surface area contributed by atoms with Crippen LogP contribution in [0.25, 0.3) is 0 Å². The molecular weight excluding hydrogens is 206 g/mol. The van der Waals surface area contributed by atoms with Crippen molar-refractivity contribution in [3.63, 3.8) is 0 Å². The molecule has 1 fully saturated rings. The van der Waals surface area contributed by atoms with Gasteiger partial charge in [-0.3, -0.25) is 4.90 Å². The minimum Gasteiger partial charge on any atom is -0.299 e. The van der Waals surface area contributed by atoms with Crippen LogP contribution >= 0.6 is 11.6 Å². The van der Waals surface area contributed by atoms with Crippen molar-refractivity contribution in [1.82, 2.24) is 4.90 Å². The Morgan fingerprint density at radius 1 is 1.33 bits per heavy atom. The van der Waals surface area contributed by atoms with Crippen molar-refractivity contribution < 1.29 is 0 Å². The topological polar surface area (TPSA) is 3.24 Å². The lowest BCUT2D eigenvalue weighted by atomic mass is 10.1. The molecule has 2 heteroatoms. The van der Waals surface area contributed by atoms with E-state index in [0.717, 1.165) is 19.0 Å². The number of benzene rings is 1. The van der Waals surface area contributed by atoms with E-state index < -0.39 is 0 Å². The molecule has 1 aromatic rings. The van der Waals surface area contributed by atoms with Crippen LogP contribution in [0.1, 0.15) is 17.5 Å². The first-order valence-electron chi connectivity index (χ1n) is 5.62. The second-order valence-corrected chi connectivity index (χ2v) is 4.84. The van der Waals surface area contributed by atoms with E-state index in [-0.39, 0.29) is 0 Å². The van der Waals surface area contributed by atoms with Crippen LogP contribution in [0.15, 0.2) is 24.3 Å². The van der Waals surface area contributed by atoms with Crippen LogP contribution in [0.5, 0.6) is 0 Å². The summed E-state index contributed by atoms with van der Waals surface area (Å²) in [6.45, 7) is 5.57. The van der Waals surface area contributed by atoms with E-state index >= 15 is 0 Å². The normalized spacial score (nSPS) is 22.1. The van der Waals surface area contributed by atoms with Gasteiger partial charge in [0.2, 0.25) is 0 Å². The van der Waals surface area contributed by atoms with Crippen molar-refractivity contribution in [1.29, 1.82) is 0 Å². The molecule has 0 amide bonds. The summed E-state index contributed by atoms with van der Waals surface area (Å²) in [7, 11) is 0. The first-order chi connectivity index (χ1) is 7.28. The third-order valence-corrected chi connectivity index (χ3v) is 3.55. The van der Waals surface area contributed by atoms with E-state index in [0.29, 0.717) is 5.92 Å². The largest absolute Gasteiger partial charge is 0.299 e. The molecule has 1 saturated heterocycles. The van der Waals surface area contributed by atoms with E-state index in [1.54, 1.807) is 0 Å². The van der Waals surface area contributed by atoms with Gasteiger partial charge in [0, 0.05) is 19.0 Å². The summed E-state index contributed by atoms with van der Waals surface area (Å²) in [5, 5.41) is 0. The molecule has 1 unspecified atom stereocenters. The summed E-state index contributed by atoms with van der Waals surface area (Å²) in [6.07, 6.45) is 1.26. The third kappa shape index (κ3) is 2.96. The standard InChI is InChI=1S/C13H18ClN/c1-11-2-4-12(5-3-11)9-15-7-6-13(8-14)10-15/h2-5,13H,6-10H2,1H3. The fourth-order valence-corrected chi connectivity index (χ4v) is 2.39. The minimum absolute atomic E-state index is 0.706. The van der Waals surface area contributed by atoms with Crippen LogP contribution in [0.4, 0.5) is 0 Å². The predicted molar refractivity (Wildman–Crippen MR) is 65.3 cm³/mol. The van der Waals surface area contributed by atoms with Gasteiger partial charge in [0.05, 0.1) is 0 Å². The lowest BCUT2D eigenvalue weighted by molar-refractivity contribution is 0.321. The van der Waals surface area contributed by atoms with Crippen molar-refractivity contribution in [3.05, 3.63) is 35.4 Å². The summed E-state index contributed by atoms with van der Waals surface area (Å²) in [4.78, 5) is 2.50. The van der Waals surface area contributed by atoms with Gasteiger partial charge in [-0.25, -0.2) is 0 Å². The average Bonchev–Trinajstić information content (AvgIpc) is 2.69. The van der Waals surface area contributed by atoms with E-state index in [9.17, 15) is 0 Å².